The van der Waals surface area contributed by atoms with Gasteiger partial charge in [-0.05, 0) is 92.9 Å². The predicted octanol–water partition coefficient (Wildman–Crippen LogP) is 6.80. The average molecular weight is 710 g/mol. The fourth-order valence-corrected chi connectivity index (χ4v) is 11.7. The van der Waals surface area contributed by atoms with Crippen molar-refractivity contribution in [1.29, 1.82) is 0 Å². The number of hydrogen-bond donors (Lipinski definition) is 2. The second kappa shape index (κ2) is 14.5. The number of ketones is 2. The van der Waals surface area contributed by atoms with Crippen molar-refractivity contribution < 1.29 is 29.1 Å². The number of likely N-dealkylation sites (tertiary alicyclic amines) is 2. The average Bonchev–Trinajstić information content (AvgIpc) is 3.93. The van der Waals surface area contributed by atoms with E-state index in [0.29, 0.717) is 31.8 Å². The number of carboxylic acid groups (broad SMARTS) is 1. The van der Waals surface area contributed by atoms with E-state index in [0.717, 1.165) is 77.3 Å². The number of carbonyl (C=O) groups is 5. The third-order valence-corrected chi connectivity index (χ3v) is 15.2. The minimum Gasteiger partial charge on any atom is -0.481 e. The van der Waals surface area contributed by atoms with Crippen LogP contribution in [-0.2, 0) is 24.0 Å². The van der Waals surface area contributed by atoms with Crippen molar-refractivity contribution in [3.05, 3.63) is 0 Å². The van der Waals surface area contributed by atoms with Crippen LogP contribution in [0.2, 0.25) is 0 Å². The number of carbonyl (C=O) groups excluding carboxylic acids is 4. The molecule has 6 fully saturated rings. The van der Waals surface area contributed by atoms with Gasteiger partial charge in [0, 0.05) is 43.3 Å². The van der Waals surface area contributed by atoms with E-state index in [9.17, 15) is 24.3 Å². The molecule has 6 rings (SSSR count). The topological polar surface area (TPSA) is 124 Å². The summed E-state index contributed by atoms with van der Waals surface area (Å²) in [6.07, 6.45) is 14.2. The smallest absolute Gasteiger partial charge is 0.306 e. The number of aliphatic carboxylic acids is 1. The van der Waals surface area contributed by atoms with E-state index in [1.165, 1.54) is 12.8 Å². The van der Waals surface area contributed by atoms with Crippen LogP contribution in [0.3, 0.4) is 0 Å². The summed E-state index contributed by atoms with van der Waals surface area (Å²) in [5, 5.41) is 13.2. The van der Waals surface area contributed by atoms with Crippen LogP contribution >= 0.6 is 0 Å². The minimum atomic E-state index is -0.951. The Labute approximate surface area is 306 Å². The van der Waals surface area contributed by atoms with Crippen molar-refractivity contribution >= 4 is 29.4 Å². The van der Waals surface area contributed by atoms with Crippen molar-refractivity contribution in [3.63, 3.8) is 0 Å². The Hall–Kier alpha value is -2.29. The lowest BCUT2D eigenvalue weighted by molar-refractivity contribution is -0.147. The molecule has 2 heterocycles. The molecule has 6 atom stereocenters. The van der Waals surface area contributed by atoms with Crippen LogP contribution in [-0.4, -0.2) is 82.0 Å². The van der Waals surface area contributed by atoms with E-state index >= 15 is 4.79 Å². The number of Topliss-reactive ketones (excluding diaryl/α,β-unsaturated/α-hetero) is 2. The van der Waals surface area contributed by atoms with E-state index in [1.807, 2.05) is 32.6 Å². The molecule has 0 bridgehead atoms. The van der Waals surface area contributed by atoms with Crippen molar-refractivity contribution in [2.75, 3.05) is 19.6 Å². The Morgan fingerprint density at radius 1 is 0.882 bits per heavy atom. The van der Waals surface area contributed by atoms with Gasteiger partial charge in [-0.2, -0.15) is 0 Å². The Morgan fingerprint density at radius 3 is 2.12 bits per heavy atom. The van der Waals surface area contributed by atoms with Crippen molar-refractivity contribution in [2.24, 2.45) is 45.3 Å². The number of piperidine rings is 1. The number of hydrogen-bond acceptors (Lipinski definition) is 6. The molecule has 0 aromatic rings. The van der Waals surface area contributed by atoms with Crippen molar-refractivity contribution in [3.8, 4) is 0 Å². The summed E-state index contributed by atoms with van der Waals surface area (Å²) in [7, 11) is 0. The van der Waals surface area contributed by atoms with Gasteiger partial charge in [0.2, 0.25) is 11.8 Å². The highest BCUT2D eigenvalue weighted by Crippen LogP contribution is 2.88. The lowest BCUT2D eigenvalue weighted by Gasteiger charge is -2.38. The Balaban J connectivity index is 1.25. The molecule has 0 aromatic heterocycles. The number of amides is 2. The quantitative estimate of drug-likeness (QED) is 0.203. The maximum atomic E-state index is 15.1. The molecule has 0 radical (unpaired) electrons. The van der Waals surface area contributed by atoms with Gasteiger partial charge < -0.3 is 15.3 Å². The fourth-order valence-electron chi connectivity index (χ4n) is 11.7. The first-order chi connectivity index (χ1) is 24.1. The number of rotatable bonds is 14. The second-order valence-electron chi connectivity index (χ2n) is 19.4. The molecule has 51 heavy (non-hydrogen) atoms. The lowest BCUT2D eigenvalue weighted by atomic mass is 9.73. The van der Waals surface area contributed by atoms with Crippen LogP contribution in [0.25, 0.3) is 0 Å². The predicted molar refractivity (Wildman–Crippen MR) is 197 cm³/mol. The van der Waals surface area contributed by atoms with Crippen molar-refractivity contribution in [1.82, 2.24) is 15.1 Å². The normalized spacial score (nSPS) is 30.7. The molecule has 9 heteroatoms. The first kappa shape index (κ1) is 38.4. The van der Waals surface area contributed by atoms with Gasteiger partial charge in [-0.15, -0.1) is 0 Å². The van der Waals surface area contributed by atoms with Crippen LogP contribution in [0, 0.1) is 45.3 Å². The summed E-state index contributed by atoms with van der Waals surface area (Å²) in [5.41, 5.74) is -0.578. The SMILES string of the molecule is CCC[C@@H](CC(=O)[C@@H]1CC2(CN1C(=O)[C@H](CC(=O)[C@@H](NC(=O)[C@H]1CCCN(C3CC3)C1)C(C)(C)C)C1CCCCC1)C(C)(C)C21CCC1)C(=O)O. The maximum absolute atomic E-state index is 15.1. The van der Waals surface area contributed by atoms with Gasteiger partial charge in [0.15, 0.2) is 11.6 Å². The zero-order valence-electron chi connectivity index (χ0n) is 32.6. The fraction of sp³-hybridized carbons (Fsp3) is 0.881. The minimum absolute atomic E-state index is 0.00655. The summed E-state index contributed by atoms with van der Waals surface area (Å²) in [6, 6.07) is -0.769. The van der Waals surface area contributed by atoms with Gasteiger partial charge in [-0.3, -0.25) is 28.9 Å². The van der Waals surface area contributed by atoms with E-state index in [-0.39, 0.29) is 64.3 Å². The number of carboxylic acids is 1. The molecule has 2 amide bonds. The first-order valence-corrected chi connectivity index (χ1v) is 20.7. The largest absolute Gasteiger partial charge is 0.481 e. The van der Waals surface area contributed by atoms with Gasteiger partial charge in [0.25, 0.3) is 0 Å². The van der Waals surface area contributed by atoms with E-state index < -0.39 is 35.3 Å². The van der Waals surface area contributed by atoms with Gasteiger partial charge >= 0.3 is 5.97 Å². The number of fused-ring (bicyclic) bond motifs is 1. The summed E-state index contributed by atoms with van der Waals surface area (Å²) in [5.74, 6) is -2.75. The highest BCUT2D eigenvalue weighted by Gasteiger charge is 2.85. The zero-order chi connectivity index (χ0) is 36.9. The molecule has 286 valence electrons. The van der Waals surface area contributed by atoms with E-state index in [4.69, 9.17) is 0 Å². The van der Waals surface area contributed by atoms with Crippen LogP contribution < -0.4 is 5.32 Å². The lowest BCUT2D eigenvalue weighted by Crippen LogP contribution is -2.54. The molecule has 1 unspecified atom stereocenters. The van der Waals surface area contributed by atoms with E-state index in [2.05, 4.69) is 24.1 Å². The van der Waals surface area contributed by atoms with E-state index in [1.54, 1.807) is 0 Å². The third kappa shape index (κ3) is 7.07. The highest BCUT2D eigenvalue weighted by molar-refractivity contribution is 5.96. The molecule has 4 saturated carbocycles. The molecule has 4 aliphatic carbocycles. The van der Waals surface area contributed by atoms with Gasteiger partial charge in [0.1, 0.15) is 0 Å². The summed E-state index contributed by atoms with van der Waals surface area (Å²) >= 11 is 0. The molecule has 2 spiro atoms. The molecular formula is C42H67N3O6. The van der Waals surface area contributed by atoms with Crippen molar-refractivity contribution in [2.45, 2.75) is 169 Å². The number of nitrogens with zero attached hydrogens (tertiary/aromatic N) is 2. The first-order valence-electron chi connectivity index (χ1n) is 20.7. The Bertz CT molecular complexity index is 1350. The zero-order valence-corrected chi connectivity index (χ0v) is 32.6. The molecule has 9 nitrogen and oxygen atoms in total. The van der Waals surface area contributed by atoms with Gasteiger partial charge in [-0.1, -0.05) is 73.6 Å². The summed E-state index contributed by atoms with van der Waals surface area (Å²) in [6.45, 7) is 14.8. The highest BCUT2D eigenvalue weighted by atomic mass is 16.4. The summed E-state index contributed by atoms with van der Waals surface area (Å²) in [4.78, 5) is 74.1. The Morgan fingerprint density at radius 2 is 1.57 bits per heavy atom. The van der Waals surface area contributed by atoms with Gasteiger partial charge in [-0.25, -0.2) is 0 Å². The van der Waals surface area contributed by atoms with Crippen LogP contribution in [0.15, 0.2) is 0 Å². The molecule has 2 N–H and O–H groups in total. The molecule has 6 aliphatic rings. The van der Waals surface area contributed by atoms with Crippen LogP contribution in [0.5, 0.6) is 0 Å². The van der Waals surface area contributed by atoms with Crippen LogP contribution in [0.4, 0.5) is 0 Å². The monoisotopic (exact) mass is 710 g/mol. The maximum Gasteiger partial charge on any atom is 0.306 e. The summed E-state index contributed by atoms with van der Waals surface area (Å²) < 4.78 is 0. The van der Waals surface area contributed by atoms with Gasteiger partial charge in [0.05, 0.1) is 23.9 Å². The molecular weight excluding hydrogens is 642 g/mol. The number of nitrogens with one attached hydrogen (secondary N) is 1. The second-order valence-corrected chi connectivity index (χ2v) is 19.4. The molecule has 0 aromatic carbocycles. The molecule has 2 aliphatic heterocycles. The Kier molecular flexibility index (Phi) is 10.9. The standard InChI is InChI=1S/C42H67N3O6/c1-7-13-28(38(50)51)22-33(46)32-24-42(40(5,6)41(42)19-12-20-41)26-45(32)37(49)31(27-14-9-8-10-15-27)23-34(47)35(39(2,3)4)43-36(48)29-16-11-21-44(25-29)30-17-18-30/h27-32,35H,7-26H2,1-6H3,(H,43,48)(H,50,51)/t28-,29-,31+,32-,35+,42?/m0/s1. The van der Waals surface area contributed by atoms with Crippen LogP contribution in [0.1, 0.15) is 151 Å². The molecule has 2 saturated heterocycles. The third-order valence-electron chi connectivity index (χ3n) is 15.2.